The van der Waals surface area contributed by atoms with Crippen LogP contribution in [0, 0.1) is 11.3 Å². The van der Waals surface area contributed by atoms with Gasteiger partial charge in [-0.3, -0.25) is 0 Å². The zero-order valence-corrected chi connectivity index (χ0v) is 24.1. The Morgan fingerprint density at radius 2 is 1.29 bits per heavy atom. The van der Waals surface area contributed by atoms with E-state index >= 15 is 0 Å². The Hall–Kier alpha value is -3.09. The minimum atomic E-state index is -1.16. The van der Waals surface area contributed by atoms with E-state index in [4.69, 9.17) is 18.9 Å². The van der Waals surface area contributed by atoms with Crippen molar-refractivity contribution in [1.82, 2.24) is 0 Å². The molecule has 0 amide bonds. The van der Waals surface area contributed by atoms with Gasteiger partial charge in [0.2, 0.25) is 4.93 Å². The van der Waals surface area contributed by atoms with Crippen molar-refractivity contribution in [3.63, 3.8) is 0 Å². The topological polar surface area (TPSA) is 60.7 Å². The molecule has 5 nitrogen and oxygen atoms in total. The third kappa shape index (κ3) is 6.54. The summed E-state index contributed by atoms with van der Waals surface area (Å²) in [5, 5.41) is 10.4. The molecule has 2 fully saturated rings. The number of fused-ring (bicyclic) bond motifs is 1. The number of ether oxygens (including phenoxy) is 4. The fourth-order valence-electron chi connectivity index (χ4n) is 5.14. The fraction of sp³-hybridized carbons (Fsp3) is 0.265. The minimum Gasteiger partial charge on any atom is -0.368 e. The fourth-order valence-corrected chi connectivity index (χ4v) is 7.50. The van der Waals surface area contributed by atoms with Crippen LogP contribution < -0.4 is 0 Å². The molecule has 0 aromatic heterocycles. The molecule has 2 aliphatic rings. The summed E-state index contributed by atoms with van der Waals surface area (Å²) < 4.78 is 26.9. The number of nitriles is 1. The van der Waals surface area contributed by atoms with Gasteiger partial charge in [-0.25, -0.2) is 0 Å². The molecule has 0 bridgehead atoms. The van der Waals surface area contributed by atoms with Crippen LogP contribution in [0.25, 0.3) is 0 Å². The van der Waals surface area contributed by atoms with Crippen LogP contribution in [0.3, 0.4) is 0 Å². The van der Waals surface area contributed by atoms with Gasteiger partial charge in [-0.05, 0) is 23.3 Å². The molecule has 4 aromatic carbocycles. The standard InChI is InChI=1S/C34H31NO4S2/c35-24-34(27-17-9-3-10-18-27)39-30-29(23-40-34)38-33(41-28-19-11-4-12-20-28)32(37-22-26-15-7-2-8-16-26)31(30)36-21-25-13-5-1-6-14-25/h1-20,29-33H,21-23H2/t29-,30-,31+,32+,33-,34+/m1/s1. The van der Waals surface area contributed by atoms with E-state index in [0.29, 0.717) is 19.0 Å². The Morgan fingerprint density at radius 1 is 0.756 bits per heavy atom. The minimum absolute atomic E-state index is 0.274. The molecule has 208 valence electrons. The van der Waals surface area contributed by atoms with Crippen LogP contribution in [-0.4, -0.2) is 35.6 Å². The second-order valence-corrected chi connectivity index (χ2v) is 12.4. The van der Waals surface area contributed by atoms with E-state index in [9.17, 15) is 5.26 Å². The van der Waals surface area contributed by atoms with Gasteiger partial charge in [0.15, 0.2) is 0 Å². The van der Waals surface area contributed by atoms with Gasteiger partial charge in [0.25, 0.3) is 0 Å². The molecule has 2 heterocycles. The zero-order valence-electron chi connectivity index (χ0n) is 22.5. The predicted molar refractivity (Wildman–Crippen MR) is 162 cm³/mol. The molecule has 0 N–H and O–H groups in total. The van der Waals surface area contributed by atoms with Crippen molar-refractivity contribution in [1.29, 1.82) is 5.26 Å². The van der Waals surface area contributed by atoms with E-state index in [1.54, 1.807) is 11.8 Å². The summed E-state index contributed by atoms with van der Waals surface area (Å²) in [4.78, 5) is -0.0742. The molecule has 0 unspecified atom stereocenters. The quantitative estimate of drug-likeness (QED) is 0.207. The molecular weight excluding hydrogens is 551 g/mol. The molecule has 6 rings (SSSR count). The van der Waals surface area contributed by atoms with Crippen molar-refractivity contribution >= 4 is 23.5 Å². The van der Waals surface area contributed by atoms with E-state index in [0.717, 1.165) is 21.6 Å². The molecule has 4 aromatic rings. The molecule has 2 aliphatic heterocycles. The zero-order chi connectivity index (χ0) is 27.9. The van der Waals surface area contributed by atoms with Crippen LogP contribution in [0.15, 0.2) is 126 Å². The molecule has 0 spiro atoms. The number of thioether (sulfide) groups is 2. The van der Waals surface area contributed by atoms with Gasteiger partial charge < -0.3 is 18.9 Å². The average molecular weight is 582 g/mol. The number of hydrogen-bond donors (Lipinski definition) is 0. The lowest BCUT2D eigenvalue weighted by Gasteiger charge is -2.50. The third-order valence-electron chi connectivity index (χ3n) is 7.21. The maximum atomic E-state index is 10.4. The highest BCUT2D eigenvalue weighted by molar-refractivity contribution is 8.00. The number of benzene rings is 4. The van der Waals surface area contributed by atoms with E-state index in [-0.39, 0.29) is 11.5 Å². The smallest absolute Gasteiger partial charge is 0.227 e. The second kappa shape index (κ2) is 13.3. The van der Waals surface area contributed by atoms with Crippen molar-refractivity contribution in [2.75, 3.05) is 5.75 Å². The number of nitrogens with zero attached hydrogens (tertiary/aromatic N) is 1. The van der Waals surface area contributed by atoms with Crippen LogP contribution in [0.1, 0.15) is 16.7 Å². The van der Waals surface area contributed by atoms with Crippen LogP contribution in [-0.2, 0) is 37.1 Å². The SMILES string of the molecule is N#C[C@]1(c2ccccc2)O[C@H]2[C@H](OCc3ccccc3)[C@H](OCc3ccccc3)[C@@H](Sc3ccccc3)O[C@@H]2CS1. The molecule has 41 heavy (non-hydrogen) atoms. The Balaban J connectivity index is 1.34. The summed E-state index contributed by atoms with van der Waals surface area (Å²) in [5.41, 5.74) is 2.61. The first kappa shape index (κ1) is 28.0. The van der Waals surface area contributed by atoms with Gasteiger partial charge in [0.05, 0.1) is 19.3 Å². The normalized spacial score (nSPS) is 27.4. The van der Waals surface area contributed by atoms with Gasteiger partial charge in [-0.1, -0.05) is 121 Å². The number of rotatable bonds is 9. The van der Waals surface area contributed by atoms with Crippen LogP contribution in [0.4, 0.5) is 0 Å². The number of hydrogen-bond acceptors (Lipinski definition) is 7. The second-order valence-electron chi connectivity index (χ2n) is 9.98. The Kier molecular flexibility index (Phi) is 9.07. The van der Waals surface area contributed by atoms with Crippen LogP contribution >= 0.6 is 23.5 Å². The molecule has 0 aliphatic carbocycles. The third-order valence-corrected chi connectivity index (χ3v) is 9.69. The maximum Gasteiger partial charge on any atom is 0.227 e. The summed E-state index contributed by atoms with van der Waals surface area (Å²) in [5.74, 6) is 0.593. The molecule has 0 saturated carbocycles. The van der Waals surface area contributed by atoms with Gasteiger partial charge >= 0.3 is 0 Å². The van der Waals surface area contributed by atoms with E-state index in [1.165, 1.54) is 11.8 Å². The maximum absolute atomic E-state index is 10.4. The first-order valence-corrected chi connectivity index (χ1v) is 15.6. The molecular formula is C34H31NO4S2. The molecule has 7 heteroatoms. The highest BCUT2D eigenvalue weighted by atomic mass is 32.2. The van der Waals surface area contributed by atoms with E-state index in [2.05, 4.69) is 30.3 Å². The molecule has 0 radical (unpaired) electrons. The monoisotopic (exact) mass is 581 g/mol. The predicted octanol–water partition coefficient (Wildman–Crippen LogP) is 7.18. The van der Waals surface area contributed by atoms with Crippen molar-refractivity contribution in [3.8, 4) is 6.07 Å². The van der Waals surface area contributed by atoms with Crippen molar-refractivity contribution in [2.45, 2.75) is 52.9 Å². The van der Waals surface area contributed by atoms with Gasteiger partial charge in [-0.2, -0.15) is 5.26 Å². The Morgan fingerprint density at radius 3 is 1.88 bits per heavy atom. The Labute approximate surface area is 249 Å². The highest BCUT2D eigenvalue weighted by Gasteiger charge is 2.55. The average Bonchev–Trinajstić information content (AvgIpc) is 3.04. The van der Waals surface area contributed by atoms with Crippen molar-refractivity contribution < 1.29 is 18.9 Å². The molecule has 6 atom stereocenters. The summed E-state index contributed by atoms with van der Waals surface area (Å²) in [6.45, 7) is 0.796. The summed E-state index contributed by atoms with van der Waals surface area (Å²) in [6, 6.07) is 42.6. The summed E-state index contributed by atoms with van der Waals surface area (Å²) in [7, 11) is 0. The summed E-state index contributed by atoms with van der Waals surface area (Å²) in [6.07, 6.45) is -1.71. The highest BCUT2D eigenvalue weighted by Crippen LogP contribution is 2.48. The van der Waals surface area contributed by atoms with Crippen LogP contribution in [0.5, 0.6) is 0 Å². The first-order valence-electron chi connectivity index (χ1n) is 13.7. The van der Waals surface area contributed by atoms with Crippen LogP contribution in [0.2, 0.25) is 0 Å². The van der Waals surface area contributed by atoms with E-state index in [1.807, 2.05) is 97.1 Å². The lowest BCUT2D eigenvalue weighted by Crippen LogP contribution is -2.63. The van der Waals surface area contributed by atoms with Gasteiger partial charge in [-0.15, -0.1) is 11.8 Å². The van der Waals surface area contributed by atoms with Crippen molar-refractivity contribution in [2.24, 2.45) is 0 Å². The van der Waals surface area contributed by atoms with Gasteiger partial charge in [0.1, 0.15) is 29.8 Å². The van der Waals surface area contributed by atoms with Gasteiger partial charge in [0, 0.05) is 16.2 Å². The van der Waals surface area contributed by atoms with Crippen molar-refractivity contribution in [3.05, 3.63) is 138 Å². The lowest BCUT2D eigenvalue weighted by molar-refractivity contribution is -0.253. The Bertz CT molecular complexity index is 1420. The molecule has 2 saturated heterocycles. The lowest BCUT2D eigenvalue weighted by atomic mass is 9.98. The van der Waals surface area contributed by atoms with E-state index < -0.39 is 23.2 Å². The first-order chi connectivity index (χ1) is 20.2. The summed E-state index contributed by atoms with van der Waals surface area (Å²) >= 11 is 3.11. The largest absolute Gasteiger partial charge is 0.368 e.